The molecular formula is C13H17N3O3. The lowest BCUT2D eigenvalue weighted by molar-refractivity contribution is 0.0921. The van der Waals surface area contributed by atoms with Gasteiger partial charge in [-0.3, -0.25) is 15.1 Å². The van der Waals surface area contributed by atoms with E-state index in [2.05, 4.69) is 5.43 Å². The Balaban J connectivity index is 2.01. The zero-order chi connectivity index (χ0) is 13.8. The number of nitrogens with one attached hydrogen (secondary N) is 1. The Hall–Kier alpha value is -2.05. The van der Waals surface area contributed by atoms with E-state index < -0.39 is 5.91 Å². The fourth-order valence-corrected chi connectivity index (χ4v) is 1.91. The summed E-state index contributed by atoms with van der Waals surface area (Å²) >= 11 is 0. The highest BCUT2D eigenvalue weighted by Crippen LogP contribution is 2.16. The number of carbonyl (C=O) groups excluding carboxylic acids is 1. The number of nitrogen functional groups attached to an aromatic ring is 1. The molecule has 6 nitrogen and oxygen atoms in total. The summed E-state index contributed by atoms with van der Waals surface area (Å²) < 4.78 is 10.8. The summed E-state index contributed by atoms with van der Waals surface area (Å²) in [6, 6.07) is 5.60. The molecule has 2 aromatic rings. The number of hydrogen-bond acceptors (Lipinski definition) is 5. The number of amides is 1. The molecule has 0 bridgehead atoms. The Kier molecular flexibility index (Phi) is 4.03. The minimum Gasteiger partial charge on any atom is -0.468 e. The van der Waals surface area contributed by atoms with Crippen molar-refractivity contribution >= 4 is 5.91 Å². The van der Waals surface area contributed by atoms with Crippen LogP contribution < -0.4 is 11.3 Å². The highest BCUT2D eigenvalue weighted by molar-refractivity contribution is 5.92. The molecule has 2 aromatic heterocycles. The van der Waals surface area contributed by atoms with Crippen molar-refractivity contribution in [2.75, 3.05) is 7.05 Å². The van der Waals surface area contributed by atoms with Crippen LogP contribution in [-0.2, 0) is 13.1 Å². The van der Waals surface area contributed by atoms with Crippen molar-refractivity contribution in [2.24, 2.45) is 5.84 Å². The second kappa shape index (κ2) is 5.73. The Morgan fingerprint density at radius 3 is 2.79 bits per heavy atom. The predicted octanol–water partition coefficient (Wildman–Crippen LogP) is 1.42. The lowest BCUT2D eigenvalue weighted by atomic mass is 10.2. The van der Waals surface area contributed by atoms with Gasteiger partial charge in [0.25, 0.3) is 0 Å². The van der Waals surface area contributed by atoms with Gasteiger partial charge in [-0.05, 0) is 32.2 Å². The number of furan rings is 2. The van der Waals surface area contributed by atoms with Crippen LogP contribution in [0.4, 0.5) is 0 Å². The molecule has 19 heavy (non-hydrogen) atoms. The number of rotatable bonds is 5. The van der Waals surface area contributed by atoms with E-state index in [0.717, 1.165) is 11.3 Å². The zero-order valence-corrected chi connectivity index (χ0v) is 11.0. The van der Waals surface area contributed by atoms with Crippen LogP contribution in [0.5, 0.6) is 0 Å². The standard InChI is InChI=1S/C13H17N3O3/c1-9-6-11(19-12(9)13(17)15-14)8-16(2)7-10-4-3-5-18-10/h3-6H,7-8,14H2,1-2H3,(H,15,17). The molecule has 2 heterocycles. The van der Waals surface area contributed by atoms with Crippen LogP contribution in [0.25, 0.3) is 0 Å². The van der Waals surface area contributed by atoms with E-state index in [-0.39, 0.29) is 5.76 Å². The molecule has 1 amide bonds. The third kappa shape index (κ3) is 3.24. The van der Waals surface area contributed by atoms with Crippen molar-refractivity contribution in [1.29, 1.82) is 0 Å². The van der Waals surface area contributed by atoms with Crippen molar-refractivity contribution < 1.29 is 13.6 Å². The molecule has 0 saturated carbocycles. The zero-order valence-electron chi connectivity index (χ0n) is 11.0. The smallest absolute Gasteiger partial charge is 0.301 e. The first kappa shape index (κ1) is 13.4. The van der Waals surface area contributed by atoms with Crippen LogP contribution in [0, 0.1) is 6.92 Å². The molecule has 0 unspecified atom stereocenters. The van der Waals surface area contributed by atoms with E-state index in [1.165, 1.54) is 0 Å². The molecule has 0 spiro atoms. The molecular weight excluding hydrogens is 246 g/mol. The minimum absolute atomic E-state index is 0.254. The Morgan fingerprint density at radius 1 is 1.42 bits per heavy atom. The van der Waals surface area contributed by atoms with Crippen LogP contribution in [0.2, 0.25) is 0 Å². The molecule has 0 fully saturated rings. The lowest BCUT2D eigenvalue weighted by Crippen LogP contribution is -2.30. The van der Waals surface area contributed by atoms with Crippen LogP contribution in [0.15, 0.2) is 33.3 Å². The number of hydrogen-bond donors (Lipinski definition) is 2. The minimum atomic E-state index is -0.419. The number of hydrazine groups is 1. The van der Waals surface area contributed by atoms with Gasteiger partial charge >= 0.3 is 5.91 Å². The summed E-state index contributed by atoms with van der Waals surface area (Å²) in [4.78, 5) is 13.5. The Labute approximate surface area is 111 Å². The van der Waals surface area contributed by atoms with E-state index in [1.54, 1.807) is 6.26 Å². The van der Waals surface area contributed by atoms with Crippen molar-refractivity contribution in [3.05, 3.63) is 47.3 Å². The van der Waals surface area contributed by atoms with Gasteiger partial charge in [-0.1, -0.05) is 0 Å². The number of aryl methyl sites for hydroxylation is 1. The van der Waals surface area contributed by atoms with Crippen molar-refractivity contribution in [3.8, 4) is 0 Å². The molecule has 0 atom stereocenters. The molecule has 102 valence electrons. The molecule has 0 aliphatic carbocycles. The molecule has 6 heteroatoms. The molecule has 0 radical (unpaired) electrons. The molecule has 2 rings (SSSR count). The van der Waals surface area contributed by atoms with Gasteiger partial charge in [-0.25, -0.2) is 5.84 Å². The molecule has 0 aliphatic heterocycles. The summed E-state index contributed by atoms with van der Waals surface area (Å²) in [5.41, 5.74) is 2.83. The summed E-state index contributed by atoms with van der Waals surface area (Å²) in [6.45, 7) is 3.06. The maximum Gasteiger partial charge on any atom is 0.301 e. The molecule has 0 aromatic carbocycles. The van der Waals surface area contributed by atoms with Crippen LogP contribution in [0.3, 0.4) is 0 Å². The van der Waals surface area contributed by atoms with Gasteiger partial charge in [-0.2, -0.15) is 0 Å². The van der Waals surface area contributed by atoms with Gasteiger partial charge in [0.1, 0.15) is 11.5 Å². The van der Waals surface area contributed by atoms with Gasteiger partial charge in [0.2, 0.25) is 0 Å². The summed E-state index contributed by atoms with van der Waals surface area (Å²) in [5, 5.41) is 0. The second-order valence-corrected chi connectivity index (χ2v) is 4.45. The highest BCUT2D eigenvalue weighted by atomic mass is 16.4. The topological polar surface area (TPSA) is 84.6 Å². The van der Waals surface area contributed by atoms with Gasteiger partial charge in [-0.15, -0.1) is 0 Å². The lowest BCUT2D eigenvalue weighted by Gasteiger charge is -2.12. The summed E-state index contributed by atoms with van der Waals surface area (Å²) in [7, 11) is 1.95. The average molecular weight is 263 g/mol. The van der Waals surface area contributed by atoms with E-state index in [9.17, 15) is 4.79 Å². The number of nitrogens with two attached hydrogens (primary N) is 1. The first-order chi connectivity index (χ1) is 9.10. The van der Waals surface area contributed by atoms with E-state index in [4.69, 9.17) is 14.7 Å². The third-order valence-electron chi connectivity index (χ3n) is 2.74. The monoisotopic (exact) mass is 263 g/mol. The van der Waals surface area contributed by atoms with Crippen LogP contribution in [-0.4, -0.2) is 17.9 Å². The normalized spacial score (nSPS) is 10.9. The number of carbonyl (C=O) groups is 1. The maximum absolute atomic E-state index is 11.4. The largest absolute Gasteiger partial charge is 0.468 e. The molecule has 0 aliphatic rings. The van der Waals surface area contributed by atoms with E-state index in [0.29, 0.717) is 18.8 Å². The first-order valence-electron chi connectivity index (χ1n) is 5.91. The van der Waals surface area contributed by atoms with Crippen molar-refractivity contribution in [2.45, 2.75) is 20.0 Å². The van der Waals surface area contributed by atoms with Crippen LogP contribution in [0.1, 0.15) is 27.6 Å². The predicted molar refractivity (Wildman–Crippen MR) is 69.0 cm³/mol. The fraction of sp³-hybridized carbons (Fsp3) is 0.308. The van der Waals surface area contributed by atoms with Crippen molar-refractivity contribution in [1.82, 2.24) is 10.3 Å². The van der Waals surface area contributed by atoms with Gasteiger partial charge in [0, 0.05) is 5.56 Å². The number of nitrogens with zero attached hydrogens (tertiary/aromatic N) is 1. The van der Waals surface area contributed by atoms with E-state index >= 15 is 0 Å². The van der Waals surface area contributed by atoms with Gasteiger partial charge < -0.3 is 8.83 Å². The van der Waals surface area contributed by atoms with E-state index in [1.807, 2.05) is 37.1 Å². The van der Waals surface area contributed by atoms with Crippen LogP contribution >= 0.6 is 0 Å². The maximum atomic E-state index is 11.4. The third-order valence-corrected chi connectivity index (χ3v) is 2.74. The molecule has 3 N–H and O–H groups in total. The van der Waals surface area contributed by atoms with Gasteiger partial charge in [0.15, 0.2) is 5.76 Å². The SMILES string of the molecule is Cc1cc(CN(C)Cc2ccco2)oc1C(=O)NN. The quantitative estimate of drug-likeness (QED) is 0.484. The summed E-state index contributed by atoms with van der Waals surface area (Å²) in [5.74, 6) is 6.52. The fourth-order valence-electron chi connectivity index (χ4n) is 1.91. The Morgan fingerprint density at radius 2 is 2.16 bits per heavy atom. The average Bonchev–Trinajstić information content (AvgIpc) is 2.98. The first-order valence-corrected chi connectivity index (χ1v) is 5.91. The van der Waals surface area contributed by atoms with Crippen molar-refractivity contribution in [3.63, 3.8) is 0 Å². The highest BCUT2D eigenvalue weighted by Gasteiger charge is 2.15. The summed E-state index contributed by atoms with van der Waals surface area (Å²) in [6.07, 6.45) is 1.64. The van der Waals surface area contributed by atoms with Gasteiger partial charge in [0.05, 0.1) is 19.4 Å². The molecule has 0 saturated heterocycles. The Bertz CT molecular complexity index is 545. The second-order valence-electron chi connectivity index (χ2n) is 4.45.